The maximum Gasteiger partial charge on any atom is 0.0561 e. The molecule has 232 valence electrons. The topological polar surface area (TPSA) is 8.17 Å². The van der Waals surface area contributed by atoms with Crippen LogP contribution in [0.1, 0.15) is 26.3 Å². The Morgan fingerprint density at radius 2 is 0.938 bits per heavy atom. The summed E-state index contributed by atoms with van der Waals surface area (Å²) < 4.78 is 2.40. The van der Waals surface area contributed by atoms with Crippen LogP contribution < -0.4 is 4.90 Å². The van der Waals surface area contributed by atoms with Crippen molar-refractivity contribution in [3.63, 3.8) is 0 Å². The van der Waals surface area contributed by atoms with Gasteiger partial charge in [-0.2, -0.15) is 0 Å². The average Bonchev–Trinajstić information content (AvgIpc) is 3.46. The van der Waals surface area contributed by atoms with Gasteiger partial charge in [-0.1, -0.05) is 142 Å². The second-order valence-electron chi connectivity index (χ2n) is 13.5. The van der Waals surface area contributed by atoms with Crippen molar-refractivity contribution in [2.75, 3.05) is 4.90 Å². The number of fused-ring (bicyclic) bond motifs is 3. The van der Waals surface area contributed by atoms with Gasteiger partial charge in [-0.15, -0.1) is 0 Å². The first kappa shape index (κ1) is 29.5. The highest BCUT2D eigenvalue weighted by Crippen LogP contribution is 2.44. The first-order valence-electron chi connectivity index (χ1n) is 16.7. The number of anilines is 3. The lowest BCUT2D eigenvalue weighted by molar-refractivity contribution is 0.591. The van der Waals surface area contributed by atoms with Crippen LogP contribution in [0, 0.1) is 0 Å². The monoisotopic (exact) mass is 618 g/mol. The number of para-hydroxylation sites is 2. The first-order chi connectivity index (χ1) is 23.5. The summed E-state index contributed by atoms with van der Waals surface area (Å²) in [5.41, 5.74) is 13.0. The third-order valence-electron chi connectivity index (χ3n) is 9.32. The van der Waals surface area contributed by atoms with E-state index in [0.717, 1.165) is 17.1 Å². The molecule has 8 rings (SSSR count). The minimum Gasteiger partial charge on any atom is -0.310 e. The number of hydrogen-bond acceptors (Lipinski definition) is 1. The van der Waals surface area contributed by atoms with Crippen LogP contribution in [0.25, 0.3) is 49.7 Å². The van der Waals surface area contributed by atoms with Crippen LogP contribution in [-0.4, -0.2) is 4.57 Å². The fourth-order valence-corrected chi connectivity index (χ4v) is 6.96. The van der Waals surface area contributed by atoms with Gasteiger partial charge in [-0.25, -0.2) is 0 Å². The molecule has 7 aromatic carbocycles. The van der Waals surface area contributed by atoms with Crippen LogP contribution in [-0.2, 0) is 5.41 Å². The van der Waals surface area contributed by atoms with Crippen molar-refractivity contribution < 1.29 is 0 Å². The van der Waals surface area contributed by atoms with E-state index in [1.54, 1.807) is 0 Å². The Bertz CT molecular complexity index is 2340. The molecule has 1 aromatic heterocycles. The van der Waals surface area contributed by atoms with Gasteiger partial charge in [0.25, 0.3) is 0 Å². The lowest BCUT2D eigenvalue weighted by Crippen LogP contribution is -2.19. The third kappa shape index (κ3) is 5.36. The standard InChI is InChI=1S/C46H38N2/c1-46(2,3)42-31-36(34-17-9-5-10-18-34)25-30-44(42)47(38-26-23-35(24-27-38)33-15-7-4-8-16-33)39-28-29-41-40-21-13-14-22-43(40)48(45(41)32-39)37-19-11-6-12-20-37/h4-32H,1-3H3. The van der Waals surface area contributed by atoms with Gasteiger partial charge in [0.05, 0.1) is 11.0 Å². The molecule has 0 saturated carbocycles. The summed E-state index contributed by atoms with van der Waals surface area (Å²) in [5.74, 6) is 0. The first-order valence-corrected chi connectivity index (χ1v) is 16.7. The molecular formula is C46H38N2. The normalized spacial score (nSPS) is 11.6. The number of benzene rings is 7. The molecular weight excluding hydrogens is 581 g/mol. The molecule has 0 fully saturated rings. The summed E-state index contributed by atoms with van der Waals surface area (Å²) in [6.45, 7) is 6.94. The molecule has 0 atom stereocenters. The Morgan fingerprint density at radius 3 is 1.60 bits per heavy atom. The van der Waals surface area contributed by atoms with E-state index in [2.05, 4.69) is 206 Å². The number of nitrogens with zero attached hydrogens (tertiary/aromatic N) is 2. The maximum atomic E-state index is 2.44. The van der Waals surface area contributed by atoms with E-state index >= 15 is 0 Å². The van der Waals surface area contributed by atoms with Crippen molar-refractivity contribution in [1.82, 2.24) is 4.57 Å². The molecule has 0 bridgehead atoms. The quantitative estimate of drug-likeness (QED) is 0.180. The summed E-state index contributed by atoms with van der Waals surface area (Å²) in [6.07, 6.45) is 0. The number of hydrogen-bond donors (Lipinski definition) is 0. The van der Waals surface area contributed by atoms with Gasteiger partial charge in [0.2, 0.25) is 0 Å². The Morgan fingerprint density at radius 1 is 0.417 bits per heavy atom. The Labute approximate surface area is 283 Å². The fourth-order valence-electron chi connectivity index (χ4n) is 6.96. The number of aromatic nitrogens is 1. The Hall–Kier alpha value is -5.86. The molecule has 0 aliphatic rings. The highest BCUT2D eigenvalue weighted by atomic mass is 15.1. The molecule has 2 heteroatoms. The average molecular weight is 619 g/mol. The zero-order valence-electron chi connectivity index (χ0n) is 27.6. The summed E-state index contributed by atoms with van der Waals surface area (Å²) >= 11 is 0. The third-order valence-corrected chi connectivity index (χ3v) is 9.32. The minimum atomic E-state index is -0.106. The van der Waals surface area contributed by atoms with Gasteiger partial charge < -0.3 is 9.47 Å². The SMILES string of the molecule is CC(C)(C)c1cc(-c2ccccc2)ccc1N(c1ccc(-c2ccccc2)cc1)c1ccc2c3ccccc3n(-c3ccccc3)c2c1. The van der Waals surface area contributed by atoms with E-state index < -0.39 is 0 Å². The van der Waals surface area contributed by atoms with E-state index in [-0.39, 0.29) is 5.41 Å². The van der Waals surface area contributed by atoms with Crippen LogP contribution in [0.4, 0.5) is 17.1 Å². The molecule has 0 aliphatic heterocycles. The molecule has 48 heavy (non-hydrogen) atoms. The molecule has 1 heterocycles. The zero-order valence-corrected chi connectivity index (χ0v) is 27.6. The fraction of sp³-hybridized carbons (Fsp3) is 0.0870. The van der Waals surface area contributed by atoms with E-state index in [9.17, 15) is 0 Å². The predicted octanol–water partition coefficient (Wildman–Crippen LogP) is 12.9. The Balaban J connectivity index is 1.37. The van der Waals surface area contributed by atoms with Gasteiger partial charge in [-0.3, -0.25) is 0 Å². The summed E-state index contributed by atoms with van der Waals surface area (Å²) in [6, 6.07) is 63.6. The maximum absolute atomic E-state index is 2.44. The molecule has 0 unspecified atom stereocenters. The molecule has 0 spiro atoms. The van der Waals surface area contributed by atoms with Crippen molar-refractivity contribution in [2.45, 2.75) is 26.2 Å². The lowest BCUT2D eigenvalue weighted by atomic mass is 9.83. The van der Waals surface area contributed by atoms with Crippen molar-refractivity contribution >= 4 is 38.9 Å². The molecule has 0 N–H and O–H groups in total. The van der Waals surface area contributed by atoms with Gasteiger partial charge >= 0.3 is 0 Å². The van der Waals surface area contributed by atoms with Crippen molar-refractivity contribution in [3.8, 4) is 27.9 Å². The molecule has 8 aromatic rings. The van der Waals surface area contributed by atoms with Gasteiger partial charge in [-0.05, 0) is 87.8 Å². The summed E-state index contributed by atoms with van der Waals surface area (Å²) in [7, 11) is 0. The van der Waals surface area contributed by atoms with Crippen LogP contribution in [0.2, 0.25) is 0 Å². The van der Waals surface area contributed by atoms with Crippen LogP contribution in [0.5, 0.6) is 0 Å². The van der Waals surface area contributed by atoms with Gasteiger partial charge in [0, 0.05) is 33.5 Å². The second-order valence-corrected chi connectivity index (χ2v) is 13.5. The molecule has 0 aliphatic carbocycles. The van der Waals surface area contributed by atoms with Gasteiger partial charge in [0.15, 0.2) is 0 Å². The molecule has 0 radical (unpaired) electrons. The summed E-state index contributed by atoms with van der Waals surface area (Å²) in [4.78, 5) is 2.44. The van der Waals surface area contributed by atoms with Crippen LogP contribution in [0.3, 0.4) is 0 Å². The van der Waals surface area contributed by atoms with E-state index in [0.29, 0.717) is 0 Å². The van der Waals surface area contributed by atoms with E-state index in [1.807, 2.05) is 0 Å². The van der Waals surface area contributed by atoms with E-state index in [4.69, 9.17) is 0 Å². The van der Waals surface area contributed by atoms with E-state index in [1.165, 1.54) is 55.3 Å². The second kappa shape index (κ2) is 12.1. The molecule has 0 saturated heterocycles. The lowest BCUT2D eigenvalue weighted by Gasteiger charge is -2.32. The highest BCUT2D eigenvalue weighted by molar-refractivity contribution is 6.10. The zero-order chi connectivity index (χ0) is 32.7. The van der Waals surface area contributed by atoms with Crippen LogP contribution >= 0.6 is 0 Å². The predicted molar refractivity (Wildman–Crippen MR) is 205 cm³/mol. The number of rotatable bonds is 6. The van der Waals surface area contributed by atoms with Crippen molar-refractivity contribution in [3.05, 3.63) is 181 Å². The molecule has 2 nitrogen and oxygen atoms in total. The smallest absolute Gasteiger partial charge is 0.0561 e. The highest BCUT2D eigenvalue weighted by Gasteiger charge is 2.25. The van der Waals surface area contributed by atoms with Crippen LogP contribution in [0.15, 0.2) is 176 Å². The van der Waals surface area contributed by atoms with Gasteiger partial charge in [0.1, 0.15) is 0 Å². The van der Waals surface area contributed by atoms with Crippen molar-refractivity contribution in [2.24, 2.45) is 0 Å². The molecule has 0 amide bonds. The Kier molecular flexibility index (Phi) is 7.42. The summed E-state index contributed by atoms with van der Waals surface area (Å²) in [5, 5.41) is 2.50. The largest absolute Gasteiger partial charge is 0.310 e. The minimum absolute atomic E-state index is 0.106. The van der Waals surface area contributed by atoms with Crippen molar-refractivity contribution in [1.29, 1.82) is 0 Å².